The van der Waals surface area contributed by atoms with Gasteiger partial charge in [0.1, 0.15) is 12.1 Å². The number of pyridine rings is 1. The van der Waals surface area contributed by atoms with Crippen molar-refractivity contribution >= 4 is 34.3 Å². The number of morpholine rings is 1. The van der Waals surface area contributed by atoms with Crippen LogP contribution in [0.15, 0.2) is 41.8 Å². The molecule has 30 heavy (non-hydrogen) atoms. The molecule has 0 spiro atoms. The molecule has 0 bridgehead atoms. The Morgan fingerprint density at radius 1 is 1.33 bits per heavy atom. The van der Waals surface area contributed by atoms with Crippen LogP contribution in [-0.4, -0.2) is 58.9 Å². The maximum atomic E-state index is 8.37. The lowest BCUT2D eigenvalue weighted by Gasteiger charge is -2.28. The van der Waals surface area contributed by atoms with Crippen molar-refractivity contribution in [1.29, 1.82) is 10.9 Å². The van der Waals surface area contributed by atoms with E-state index >= 15 is 0 Å². The molecule has 0 radical (unpaired) electrons. The smallest absolute Gasteiger partial charge is 0.304 e. The highest BCUT2D eigenvalue weighted by molar-refractivity contribution is 6.35. The van der Waals surface area contributed by atoms with Crippen molar-refractivity contribution in [3.63, 3.8) is 0 Å². The second-order valence-corrected chi connectivity index (χ2v) is 7.09. The maximum Gasteiger partial charge on any atom is 0.304 e. The molecule has 1 aromatic carbocycles. The lowest BCUT2D eigenvalue weighted by atomic mass is 10.3. The maximum absolute atomic E-state index is 8.37. The summed E-state index contributed by atoms with van der Waals surface area (Å²) in [5, 5.41) is 13.2. The van der Waals surface area contributed by atoms with E-state index in [2.05, 4.69) is 20.1 Å². The van der Waals surface area contributed by atoms with E-state index in [9.17, 15) is 0 Å². The van der Waals surface area contributed by atoms with Gasteiger partial charge in [-0.1, -0.05) is 22.9 Å². The first-order valence-corrected chi connectivity index (χ1v) is 9.73. The molecule has 11 heteroatoms. The van der Waals surface area contributed by atoms with Gasteiger partial charge in [0.15, 0.2) is 0 Å². The van der Waals surface area contributed by atoms with Gasteiger partial charge in [-0.15, -0.1) is 0 Å². The highest BCUT2D eigenvalue weighted by Crippen LogP contribution is 2.28. The van der Waals surface area contributed by atoms with Crippen LogP contribution in [-0.2, 0) is 11.3 Å². The van der Waals surface area contributed by atoms with Crippen LogP contribution < -0.4 is 9.64 Å². The van der Waals surface area contributed by atoms with Crippen LogP contribution in [0.4, 0.5) is 5.69 Å². The Kier molecular flexibility index (Phi) is 5.77. The number of halogens is 1. The summed E-state index contributed by atoms with van der Waals surface area (Å²) in [6, 6.07) is 9.39. The third-order valence-corrected chi connectivity index (χ3v) is 5.10. The van der Waals surface area contributed by atoms with E-state index in [-0.39, 0.29) is 18.6 Å². The van der Waals surface area contributed by atoms with Crippen LogP contribution in [0.1, 0.15) is 5.69 Å². The molecule has 0 aliphatic carbocycles. The second-order valence-electron chi connectivity index (χ2n) is 6.68. The predicted octanol–water partition coefficient (Wildman–Crippen LogP) is 3.16. The number of aromatic nitrogens is 3. The van der Waals surface area contributed by atoms with Gasteiger partial charge in [-0.2, -0.15) is 10.5 Å². The average molecular weight is 429 g/mol. The number of anilines is 1. The summed E-state index contributed by atoms with van der Waals surface area (Å²) < 4.78 is 12.8. The molecule has 4 rings (SSSR count). The van der Waals surface area contributed by atoms with Crippen molar-refractivity contribution in [2.75, 3.05) is 38.3 Å². The Hall–Kier alpha value is -3.24. The Morgan fingerprint density at radius 3 is 2.90 bits per heavy atom. The van der Waals surface area contributed by atoms with Crippen molar-refractivity contribution in [2.24, 2.45) is 5.22 Å². The molecule has 1 saturated heterocycles. The van der Waals surface area contributed by atoms with Crippen LogP contribution in [0, 0.1) is 10.9 Å². The molecule has 2 aromatic heterocycles. The number of hydrogen-bond acceptors (Lipinski definition) is 8. The zero-order chi connectivity index (χ0) is 21.1. The zero-order valence-corrected chi connectivity index (χ0v) is 17.1. The molecule has 156 valence electrons. The fourth-order valence-electron chi connectivity index (χ4n) is 3.24. The number of nitrogens with zero attached hydrogens (tertiary/aromatic N) is 6. The minimum Gasteiger partial charge on any atom is -0.458 e. The largest absolute Gasteiger partial charge is 0.458 e. The first-order chi connectivity index (χ1) is 14.6. The highest BCUT2D eigenvalue weighted by Gasteiger charge is 2.20. The summed E-state index contributed by atoms with van der Waals surface area (Å²) in [7, 11) is 1.50. The molecule has 3 aromatic rings. The Labute approximate surface area is 178 Å². The van der Waals surface area contributed by atoms with Crippen molar-refractivity contribution in [1.82, 2.24) is 19.5 Å². The van der Waals surface area contributed by atoms with Gasteiger partial charge in [-0.25, -0.2) is 9.58 Å². The second kappa shape index (κ2) is 8.64. The number of para-hydroxylation sites is 1. The number of imidazole rings is 1. The van der Waals surface area contributed by atoms with Gasteiger partial charge in [0.05, 0.1) is 29.4 Å². The van der Waals surface area contributed by atoms with Crippen molar-refractivity contribution < 1.29 is 9.47 Å². The quantitative estimate of drug-likeness (QED) is 0.279. The summed E-state index contributed by atoms with van der Waals surface area (Å²) >= 11 is 6.28. The fraction of sp³-hybridized carbons (Fsp3) is 0.316. The number of rotatable bonds is 5. The molecule has 10 nitrogen and oxygen atoms in total. The fourth-order valence-corrected chi connectivity index (χ4v) is 3.45. The Bertz CT molecular complexity index is 1080. The van der Waals surface area contributed by atoms with Gasteiger partial charge < -0.3 is 14.4 Å². The molecule has 0 amide bonds. The molecule has 0 atom stereocenters. The van der Waals surface area contributed by atoms with Gasteiger partial charge in [0.25, 0.3) is 0 Å². The first-order valence-electron chi connectivity index (χ1n) is 9.36. The van der Waals surface area contributed by atoms with E-state index in [4.69, 9.17) is 32.0 Å². The van der Waals surface area contributed by atoms with Crippen LogP contribution in [0.3, 0.4) is 0 Å². The summed E-state index contributed by atoms with van der Waals surface area (Å²) in [5.74, 6) is -0.0835. The molecule has 1 aliphatic heterocycles. The number of fused-ring (bicyclic) bond motifs is 1. The average Bonchev–Trinajstić information content (AvgIpc) is 3.17. The van der Waals surface area contributed by atoms with E-state index in [0.717, 1.165) is 29.5 Å². The third kappa shape index (κ3) is 3.91. The molecule has 0 unspecified atom stereocenters. The van der Waals surface area contributed by atoms with Gasteiger partial charge in [0.2, 0.25) is 5.96 Å². The monoisotopic (exact) mass is 428 g/mol. The van der Waals surface area contributed by atoms with Crippen LogP contribution in [0.25, 0.3) is 11.0 Å². The van der Waals surface area contributed by atoms with Crippen molar-refractivity contribution in [3.8, 4) is 6.01 Å². The van der Waals surface area contributed by atoms with Gasteiger partial charge >= 0.3 is 6.01 Å². The van der Waals surface area contributed by atoms with Gasteiger partial charge in [-0.05, 0) is 24.3 Å². The van der Waals surface area contributed by atoms with Crippen molar-refractivity contribution in [2.45, 2.75) is 6.61 Å². The summed E-state index contributed by atoms with van der Waals surface area (Å²) in [6.07, 6.45) is 1.75. The summed E-state index contributed by atoms with van der Waals surface area (Å²) in [4.78, 5) is 11.1. The lowest BCUT2D eigenvalue weighted by Crippen LogP contribution is -2.36. The molecular formula is C19H21ClN8O2. The normalized spacial score (nSPS) is 14.0. The number of nitrogens with one attached hydrogen (secondary N) is 2. The SMILES string of the molecule is CN(N=N)C(=N)n1c(OCc2cc(N3CCOCC3)ccn2)nc2c(Cl)cccc21. The molecule has 2 N–H and O–H groups in total. The van der Waals surface area contributed by atoms with E-state index in [0.29, 0.717) is 29.3 Å². The highest BCUT2D eigenvalue weighted by atomic mass is 35.5. The summed E-state index contributed by atoms with van der Waals surface area (Å²) in [6.45, 7) is 3.23. The zero-order valence-electron chi connectivity index (χ0n) is 16.4. The minimum absolute atomic E-state index is 0.0835. The molecule has 0 saturated carbocycles. The molecule has 3 heterocycles. The van der Waals surface area contributed by atoms with E-state index < -0.39 is 0 Å². The minimum atomic E-state index is -0.0835. The van der Waals surface area contributed by atoms with Gasteiger partial charge in [-0.3, -0.25) is 10.4 Å². The lowest BCUT2D eigenvalue weighted by molar-refractivity contribution is 0.122. The van der Waals surface area contributed by atoms with Crippen molar-refractivity contribution in [3.05, 3.63) is 47.2 Å². The molecular weight excluding hydrogens is 408 g/mol. The van der Waals surface area contributed by atoms with Gasteiger partial charge in [0, 0.05) is 32.0 Å². The number of benzene rings is 1. The van der Waals surface area contributed by atoms with E-state index in [1.54, 1.807) is 24.4 Å². The first kappa shape index (κ1) is 20.0. The third-order valence-electron chi connectivity index (χ3n) is 4.80. The number of hydrogen-bond donors (Lipinski definition) is 2. The van der Waals surface area contributed by atoms with Crippen LogP contribution in [0.5, 0.6) is 6.01 Å². The summed E-state index contributed by atoms with van der Waals surface area (Å²) in [5.41, 5.74) is 10.1. The van der Waals surface area contributed by atoms with Crippen LogP contribution >= 0.6 is 11.6 Å². The predicted molar refractivity (Wildman–Crippen MR) is 112 cm³/mol. The Morgan fingerprint density at radius 2 is 2.13 bits per heavy atom. The topological polar surface area (TPSA) is 116 Å². The number of ether oxygens (including phenoxy) is 2. The molecule has 1 aliphatic rings. The molecule has 1 fully saturated rings. The van der Waals surface area contributed by atoms with E-state index in [1.807, 2.05) is 12.1 Å². The Balaban J connectivity index is 1.62. The van der Waals surface area contributed by atoms with Crippen LogP contribution in [0.2, 0.25) is 5.02 Å². The standard InChI is InChI=1S/C19H21ClN8O2/c1-26(25-22)18(21)28-16-4-2-3-15(20)17(16)24-19(28)30-12-13-11-14(5-6-23-13)27-7-9-29-10-8-27/h2-6,11,21-22H,7-10,12H2,1H3. The van der Waals surface area contributed by atoms with E-state index in [1.165, 1.54) is 11.6 Å².